The average molecular weight is 317 g/mol. The van der Waals surface area contributed by atoms with E-state index in [1.54, 1.807) is 41.2 Å². The molecule has 0 saturated heterocycles. The standard InChI is InChI=1S/C16H10ClFN2O2/c17-15(22)14(21)13-9-20(16-12(13)2-1-7-19-16)8-10-3-5-11(18)6-4-10/h1-7,9H,8H2. The molecule has 0 bridgehead atoms. The van der Waals surface area contributed by atoms with Gasteiger partial charge in [-0.05, 0) is 41.4 Å². The van der Waals surface area contributed by atoms with E-state index in [2.05, 4.69) is 4.98 Å². The van der Waals surface area contributed by atoms with Crippen molar-refractivity contribution in [3.63, 3.8) is 0 Å². The Hall–Kier alpha value is -2.53. The highest BCUT2D eigenvalue weighted by atomic mass is 35.5. The van der Waals surface area contributed by atoms with Crippen LogP contribution in [0.2, 0.25) is 0 Å². The van der Waals surface area contributed by atoms with Gasteiger partial charge in [-0.15, -0.1) is 0 Å². The Morgan fingerprint density at radius 2 is 1.91 bits per heavy atom. The summed E-state index contributed by atoms with van der Waals surface area (Å²) in [6, 6.07) is 9.42. The number of aromatic nitrogens is 2. The van der Waals surface area contributed by atoms with E-state index >= 15 is 0 Å². The molecular weight excluding hydrogens is 307 g/mol. The Kier molecular flexibility index (Phi) is 3.73. The van der Waals surface area contributed by atoms with Gasteiger partial charge < -0.3 is 4.57 Å². The van der Waals surface area contributed by atoms with Crippen LogP contribution in [0.25, 0.3) is 11.0 Å². The van der Waals surface area contributed by atoms with E-state index in [4.69, 9.17) is 11.6 Å². The molecule has 2 heterocycles. The maximum atomic E-state index is 13.0. The smallest absolute Gasteiger partial charge is 0.293 e. The lowest BCUT2D eigenvalue weighted by molar-refractivity contribution is -0.108. The first-order chi connectivity index (χ1) is 10.6. The number of pyridine rings is 1. The third kappa shape index (κ3) is 2.63. The minimum absolute atomic E-state index is 0.213. The zero-order chi connectivity index (χ0) is 15.7. The lowest BCUT2D eigenvalue weighted by Crippen LogP contribution is -2.06. The first kappa shape index (κ1) is 14.4. The van der Waals surface area contributed by atoms with Crippen LogP contribution >= 0.6 is 11.6 Å². The molecule has 0 aliphatic heterocycles. The van der Waals surface area contributed by atoms with Gasteiger partial charge in [-0.1, -0.05) is 12.1 Å². The van der Waals surface area contributed by atoms with E-state index in [0.29, 0.717) is 17.6 Å². The SMILES string of the molecule is O=C(Cl)C(=O)c1cn(Cc2ccc(F)cc2)c2ncccc12. The van der Waals surface area contributed by atoms with Crippen LogP contribution < -0.4 is 0 Å². The second-order valence-electron chi connectivity index (χ2n) is 4.77. The molecule has 1 aromatic carbocycles. The minimum atomic E-state index is -1.04. The quantitative estimate of drug-likeness (QED) is 0.422. The molecular formula is C16H10ClFN2O2. The molecule has 0 atom stereocenters. The fourth-order valence-corrected chi connectivity index (χ4v) is 2.42. The van der Waals surface area contributed by atoms with E-state index in [1.165, 1.54) is 12.1 Å². The predicted octanol–water partition coefficient (Wildman–Crippen LogP) is 3.17. The Balaban J connectivity index is 2.08. The van der Waals surface area contributed by atoms with Crippen molar-refractivity contribution in [2.24, 2.45) is 0 Å². The summed E-state index contributed by atoms with van der Waals surface area (Å²) in [5.74, 6) is -1.08. The number of benzene rings is 1. The van der Waals surface area contributed by atoms with Gasteiger partial charge in [0.2, 0.25) is 5.78 Å². The minimum Gasteiger partial charge on any atom is -0.327 e. The predicted molar refractivity (Wildman–Crippen MR) is 80.4 cm³/mol. The van der Waals surface area contributed by atoms with E-state index < -0.39 is 11.0 Å². The number of rotatable bonds is 4. The van der Waals surface area contributed by atoms with Gasteiger partial charge in [-0.3, -0.25) is 9.59 Å². The summed E-state index contributed by atoms with van der Waals surface area (Å²) >= 11 is 5.29. The summed E-state index contributed by atoms with van der Waals surface area (Å²) in [7, 11) is 0. The number of carbonyl (C=O) groups is 2. The zero-order valence-corrected chi connectivity index (χ0v) is 12.0. The third-order valence-corrected chi connectivity index (χ3v) is 3.49. The van der Waals surface area contributed by atoms with Gasteiger partial charge in [0.25, 0.3) is 5.24 Å². The second-order valence-corrected chi connectivity index (χ2v) is 5.12. The third-order valence-electron chi connectivity index (χ3n) is 3.32. The lowest BCUT2D eigenvalue weighted by Gasteiger charge is -2.04. The molecule has 0 aliphatic carbocycles. The summed E-state index contributed by atoms with van der Waals surface area (Å²) in [4.78, 5) is 27.3. The summed E-state index contributed by atoms with van der Waals surface area (Å²) in [5.41, 5.74) is 1.62. The van der Waals surface area contributed by atoms with Crippen LogP contribution in [0.4, 0.5) is 4.39 Å². The molecule has 0 radical (unpaired) electrons. The average Bonchev–Trinajstić information content (AvgIpc) is 2.88. The van der Waals surface area contributed by atoms with Crippen molar-refractivity contribution in [1.82, 2.24) is 9.55 Å². The van der Waals surface area contributed by atoms with E-state index in [1.807, 2.05) is 0 Å². The zero-order valence-electron chi connectivity index (χ0n) is 11.3. The molecule has 6 heteroatoms. The number of halogens is 2. The van der Waals surface area contributed by atoms with Gasteiger partial charge in [0.15, 0.2) is 0 Å². The number of nitrogens with zero attached hydrogens (tertiary/aromatic N) is 2. The van der Waals surface area contributed by atoms with Crippen LogP contribution in [0, 0.1) is 5.82 Å². The molecule has 3 aromatic rings. The summed E-state index contributed by atoms with van der Waals surface area (Å²) < 4.78 is 14.7. The second kappa shape index (κ2) is 5.69. The van der Waals surface area contributed by atoms with Crippen LogP contribution in [-0.2, 0) is 11.3 Å². The maximum Gasteiger partial charge on any atom is 0.293 e. The fourth-order valence-electron chi connectivity index (χ4n) is 2.32. The summed E-state index contributed by atoms with van der Waals surface area (Å²) in [6.45, 7) is 0.400. The highest BCUT2D eigenvalue weighted by molar-refractivity contribution is 6.83. The van der Waals surface area contributed by atoms with Crippen molar-refractivity contribution >= 4 is 33.7 Å². The molecule has 0 unspecified atom stereocenters. The first-order valence-electron chi connectivity index (χ1n) is 6.48. The van der Waals surface area contributed by atoms with Crippen molar-refractivity contribution in [3.05, 3.63) is 65.7 Å². The molecule has 110 valence electrons. The fraction of sp³-hybridized carbons (Fsp3) is 0.0625. The maximum absolute atomic E-state index is 13.0. The lowest BCUT2D eigenvalue weighted by atomic mass is 10.1. The van der Waals surface area contributed by atoms with E-state index in [0.717, 1.165) is 5.56 Å². The van der Waals surface area contributed by atoms with E-state index in [-0.39, 0.29) is 11.4 Å². The van der Waals surface area contributed by atoms with Gasteiger partial charge in [-0.25, -0.2) is 9.37 Å². The van der Waals surface area contributed by atoms with Crippen LogP contribution in [0.3, 0.4) is 0 Å². The molecule has 4 nitrogen and oxygen atoms in total. The van der Waals surface area contributed by atoms with Crippen LogP contribution in [0.15, 0.2) is 48.8 Å². The van der Waals surface area contributed by atoms with Crippen LogP contribution in [0.5, 0.6) is 0 Å². The largest absolute Gasteiger partial charge is 0.327 e. The number of hydrogen-bond acceptors (Lipinski definition) is 3. The molecule has 0 amide bonds. The molecule has 0 saturated carbocycles. The Labute approximate surface area is 130 Å². The molecule has 2 aromatic heterocycles. The highest BCUT2D eigenvalue weighted by Crippen LogP contribution is 2.21. The van der Waals surface area contributed by atoms with Crippen LogP contribution in [-0.4, -0.2) is 20.6 Å². The summed E-state index contributed by atoms with van der Waals surface area (Å²) in [6.07, 6.45) is 3.14. The van der Waals surface area contributed by atoms with Gasteiger partial charge in [0, 0.05) is 24.3 Å². The molecule has 0 aliphatic rings. The Bertz CT molecular complexity index is 871. The van der Waals surface area contributed by atoms with Gasteiger partial charge in [-0.2, -0.15) is 0 Å². The Morgan fingerprint density at radius 3 is 2.59 bits per heavy atom. The van der Waals surface area contributed by atoms with Gasteiger partial charge >= 0.3 is 0 Å². The van der Waals surface area contributed by atoms with E-state index in [9.17, 15) is 14.0 Å². The summed E-state index contributed by atoms with van der Waals surface area (Å²) in [5, 5.41) is -0.478. The van der Waals surface area contributed by atoms with Gasteiger partial charge in [0.1, 0.15) is 11.5 Å². The molecule has 3 rings (SSSR count). The number of carbonyl (C=O) groups excluding carboxylic acids is 2. The van der Waals surface area contributed by atoms with Crippen molar-refractivity contribution in [2.45, 2.75) is 6.54 Å². The molecule has 0 fully saturated rings. The first-order valence-corrected chi connectivity index (χ1v) is 6.86. The highest BCUT2D eigenvalue weighted by Gasteiger charge is 2.20. The number of ketones is 1. The molecule has 0 spiro atoms. The van der Waals surface area contributed by atoms with Crippen LogP contribution in [0.1, 0.15) is 15.9 Å². The monoisotopic (exact) mass is 316 g/mol. The number of fused-ring (bicyclic) bond motifs is 1. The Morgan fingerprint density at radius 1 is 1.18 bits per heavy atom. The molecule has 22 heavy (non-hydrogen) atoms. The molecule has 0 N–H and O–H groups in total. The normalized spacial score (nSPS) is 10.8. The topological polar surface area (TPSA) is 52.0 Å². The van der Waals surface area contributed by atoms with Crippen molar-refractivity contribution in [3.8, 4) is 0 Å². The van der Waals surface area contributed by atoms with Crippen molar-refractivity contribution in [2.75, 3.05) is 0 Å². The van der Waals surface area contributed by atoms with Crippen molar-refractivity contribution in [1.29, 1.82) is 0 Å². The van der Waals surface area contributed by atoms with Crippen molar-refractivity contribution < 1.29 is 14.0 Å². The number of Topliss-reactive ketones (excluding diaryl/α,β-unsaturated/α-hetero) is 1. The van der Waals surface area contributed by atoms with Gasteiger partial charge in [0.05, 0.1) is 5.56 Å². The number of hydrogen-bond donors (Lipinski definition) is 0.